The number of hydrogen-bond donors (Lipinski definition) is 1. The molecule has 0 saturated heterocycles. The van der Waals surface area contributed by atoms with E-state index in [4.69, 9.17) is 0 Å². The number of nitrogens with one attached hydrogen (secondary N) is 1. The maximum atomic E-state index is 10.9. The molecular formula is C12H15BrN2O2. The molecule has 0 radical (unpaired) electrons. The second kappa shape index (κ2) is 3.53. The summed E-state index contributed by atoms with van der Waals surface area (Å²) in [4.78, 5) is 10.6. The van der Waals surface area contributed by atoms with E-state index >= 15 is 0 Å². The maximum absolute atomic E-state index is 10.9. The molecule has 1 N–H and O–H groups in total. The molecule has 1 aliphatic heterocycles. The highest BCUT2D eigenvalue weighted by Crippen LogP contribution is 2.44. The molecular weight excluding hydrogens is 284 g/mol. The van der Waals surface area contributed by atoms with Crippen LogP contribution in [0.25, 0.3) is 0 Å². The zero-order valence-electron chi connectivity index (χ0n) is 10.3. The number of hydrogen-bond acceptors (Lipinski definition) is 3. The van der Waals surface area contributed by atoms with Gasteiger partial charge in [-0.2, -0.15) is 0 Å². The van der Waals surface area contributed by atoms with Crippen LogP contribution in [-0.4, -0.2) is 4.92 Å². The normalized spacial score (nSPS) is 20.1. The van der Waals surface area contributed by atoms with E-state index in [9.17, 15) is 10.1 Å². The van der Waals surface area contributed by atoms with Crippen LogP contribution >= 0.6 is 15.9 Å². The van der Waals surface area contributed by atoms with E-state index in [2.05, 4.69) is 35.1 Å². The highest BCUT2D eigenvalue weighted by molar-refractivity contribution is 9.10. The van der Waals surface area contributed by atoms with Gasteiger partial charge in [-0.1, -0.05) is 0 Å². The molecule has 0 fully saturated rings. The van der Waals surface area contributed by atoms with Crippen LogP contribution in [0, 0.1) is 10.1 Å². The van der Waals surface area contributed by atoms with Crippen molar-refractivity contribution < 1.29 is 4.92 Å². The molecule has 0 atom stereocenters. The minimum Gasteiger partial charge on any atom is -0.299 e. The molecule has 0 aromatic heterocycles. The third kappa shape index (κ3) is 1.87. The number of rotatable bonds is 1. The van der Waals surface area contributed by atoms with Crippen molar-refractivity contribution in [1.29, 1.82) is 0 Å². The van der Waals surface area contributed by atoms with Crippen LogP contribution in [0.1, 0.15) is 38.8 Å². The minimum atomic E-state index is -0.355. The quantitative estimate of drug-likeness (QED) is 0.638. The largest absolute Gasteiger partial charge is 0.299 e. The average molecular weight is 299 g/mol. The van der Waals surface area contributed by atoms with Crippen LogP contribution in [0.2, 0.25) is 0 Å². The topological polar surface area (TPSA) is 55.2 Å². The van der Waals surface area contributed by atoms with Crippen molar-refractivity contribution in [3.63, 3.8) is 0 Å². The highest BCUT2D eigenvalue weighted by Gasteiger charge is 2.42. The van der Waals surface area contributed by atoms with E-state index in [1.165, 1.54) is 0 Å². The van der Waals surface area contributed by atoms with Gasteiger partial charge in [-0.05, 0) is 60.8 Å². The van der Waals surface area contributed by atoms with Gasteiger partial charge in [0.1, 0.15) is 0 Å². The summed E-state index contributed by atoms with van der Waals surface area (Å²) in [6, 6.07) is 3.52. The van der Waals surface area contributed by atoms with Crippen LogP contribution in [0.4, 0.5) is 5.69 Å². The Morgan fingerprint density at radius 3 is 2.12 bits per heavy atom. The summed E-state index contributed by atoms with van der Waals surface area (Å²) in [5, 5.41) is 14.4. The predicted molar refractivity (Wildman–Crippen MR) is 70.0 cm³/mol. The van der Waals surface area contributed by atoms with Gasteiger partial charge in [0.2, 0.25) is 0 Å². The number of halogens is 1. The fourth-order valence-corrected chi connectivity index (χ4v) is 3.14. The molecule has 17 heavy (non-hydrogen) atoms. The monoisotopic (exact) mass is 298 g/mol. The van der Waals surface area contributed by atoms with Gasteiger partial charge in [-0.3, -0.25) is 15.4 Å². The van der Waals surface area contributed by atoms with Crippen molar-refractivity contribution >= 4 is 21.6 Å². The first-order chi connectivity index (χ1) is 7.65. The van der Waals surface area contributed by atoms with E-state index in [0.717, 1.165) is 11.1 Å². The van der Waals surface area contributed by atoms with Crippen LogP contribution in [0.5, 0.6) is 0 Å². The Morgan fingerprint density at radius 2 is 1.65 bits per heavy atom. The van der Waals surface area contributed by atoms with Crippen LogP contribution in [-0.2, 0) is 11.1 Å². The van der Waals surface area contributed by atoms with E-state index in [-0.39, 0.29) is 21.7 Å². The molecule has 0 bridgehead atoms. The van der Waals surface area contributed by atoms with Crippen LogP contribution < -0.4 is 5.32 Å². The predicted octanol–water partition coefficient (Wildman–Crippen LogP) is 3.43. The summed E-state index contributed by atoms with van der Waals surface area (Å²) in [6.07, 6.45) is 0. The zero-order chi connectivity index (χ0) is 13.0. The lowest BCUT2D eigenvalue weighted by molar-refractivity contribution is -0.385. The third-order valence-electron chi connectivity index (χ3n) is 3.26. The summed E-state index contributed by atoms with van der Waals surface area (Å²) >= 11 is 3.27. The Morgan fingerprint density at radius 1 is 1.18 bits per heavy atom. The Hall–Kier alpha value is -0.940. The van der Waals surface area contributed by atoms with Gasteiger partial charge in [-0.15, -0.1) is 0 Å². The van der Waals surface area contributed by atoms with Crippen molar-refractivity contribution in [2.24, 2.45) is 0 Å². The van der Waals surface area contributed by atoms with Gasteiger partial charge in [-0.25, -0.2) is 0 Å². The lowest BCUT2D eigenvalue weighted by atomic mass is 9.90. The molecule has 5 heteroatoms. The van der Waals surface area contributed by atoms with E-state index < -0.39 is 0 Å². The summed E-state index contributed by atoms with van der Waals surface area (Å²) < 4.78 is 0.536. The molecule has 1 heterocycles. The summed E-state index contributed by atoms with van der Waals surface area (Å²) in [7, 11) is 0. The smallest absolute Gasteiger partial charge is 0.283 e. The Bertz CT molecular complexity index is 509. The summed E-state index contributed by atoms with van der Waals surface area (Å²) in [5.41, 5.74) is 1.81. The van der Waals surface area contributed by atoms with Crippen molar-refractivity contribution in [3.05, 3.63) is 37.8 Å². The summed E-state index contributed by atoms with van der Waals surface area (Å²) in [5.74, 6) is 0. The number of nitro benzene ring substituents is 1. The highest BCUT2D eigenvalue weighted by atomic mass is 79.9. The van der Waals surface area contributed by atoms with Crippen molar-refractivity contribution in [2.75, 3.05) is 0 Å². The molecule has 0 aliphatic carbocycles. The standard InChI is InChI=1S/C12H15BrN2O2/c1-11(2)7-5-9(13)10(15(16)17)6-8(7)12(3,4)14-11/h5-6,14H,1-4H3. The van der Waals surface area contributed by atoms with E-state index in [1.807, 2.05) is 19.9 Å². The van der Waals surface area contributed by atoms with Crippen LogP contribution in [0.3, 0.4) is 0 Å². The fraction of sp³-hybridized carbons (Fsp3) is 0.500. The van der Waals surface area contributed by atoms with Gasteiger partial charge in [0.05, 0.1) is 9.40 Å². The molecule has 0 spiro atoms. The molecule has 1 aromatic rings. The fourth-order valence-electron chi connectivity index (χ4n) is 2.65. The number of benzene rings is 1. The Kier molecular flexibility index (Phi) is 2.60. The SMILES string of the molecule is CC1(C)NC(C)(C)c2cc([N+](=O)[O-])c(Br)cc21. The van der Waals surface area contributed by atoms with Crippen molar-refractivity contribution in [3.8, 4) is 0 Å². The van der Waals surface area contributed by atoms with Gasteiger partial charge < -0.3 is 0 Å². The Balaban J connectivity index is 2.72. The lowest BCUT2D eigenvalue weighted by Crippen LogP contribution is -2.39. The maximum Gasteiger partial charge on any atom is 0.283 e. The van der Waals surface area contributed by atoms with Crippen molar-refractivity contribution in [2.45, 2.75) is 38.8 Å². The molecule has 0 unspecified atom stereocenters. The molecule has 1 aliphatic rings. The van der Waals surface area contributed by atoms with E-state index in [1.54, 1.807) is 6.07 Å². The van der Waals surface area contributed by atoms with Gasteiger partial charge in [0.15, 0.2) is 0 Å². The average Bonchev–Trinajstić information content (AvgIpc) is 2.30. The molecule has 0 saturated carbocycles. The van der Waals surface area contributed by atoms with Crippen molar-refractivity contribution in [1.82, 2.24) is 5.32 Å². The molecule has 1 aromatic carbocycles. The second-order valence-electron chi connectivity index (χ2n) is 5.48. The number of nitrogens with zero attached hydrogens (tertiary/aromatic N) is 1. The third-order valence-corrected chi connectivity index (χ3v) is 3.89. The number of fused-ring (bicyclic) bond motifs is 1. The zero-order valence-corrected chi connectivity index (χ0v) is 11.9. The Labute approximate surface area is 109 Å². The van der Waals surface area contributed by atoms with Gasteiger partial charge >= 0.3 is 0 Å². The lowest BCUT2D eigenvalue weighted by Gasteiger charge is -2.25. The first-order valence-electron chi connectivity index (χ1n) is 5.43. The van der Waals surface area contributed by atoms with E-state index in [0.29, 0.717) is 4.47 Å². The first kappa shape index (κ1) is 12.5. The summed E-state index contributed by atoms with van der Waals surface area (Å²) in [6.45, 7) is 8.24. The second-order valence-corrected chi connectivity index (χ2v) is 6.34. The number of nitro groups is 1. The van der Waals surface area contributed by atoms with Gasteiger partial charge in [0.25, 0.3) is 5.69 Å². The first-order valence-corrected chi connectivity index (χ1v) is 6.23. The van der Waals surface area contributed by atoms with Gasteiger partial charge in [0, 0.05) is 17.1 Å². The molecule has 0 amide bonds. The molecule has 4 nitrogen and oxygen atoms in total. The molecule has 92 valence electrons. The minimum absolute atomic E-state index is 0.122. The molecule has 2 rings (SSSR count). The van der Waals surface area contributed by atoms with Crippen LogP contribution in [0.15, 0.2) is 16.6 Å².